The topological polar surface area (TPSA) is 124 Å². The minimum Gasteiger partial charge on any atom is -0.494 e. The monoisotopic (exact) mass is 599 g/mol. The summed E-state index contributed by atoms with van der Waals surface area (Å²) in [4.78, 5) is 23.1. The lowest BCUT2D eigenvalue weighted by Crippen LogP contribution is -2.13. The Balaban J connectivity index is 1.78. The molecule has 3 aromatic rings. The number of methoxy groups -OCH3 is 1. The number of non-ortho nitro benzene ring substituents is 1. The van der Waals surface area contributed by atoms with Gasteiger partial charge in [-0.2, -0.15) is 5.26 Å². The molecule has 1 amide bonds. The number of amides is 1. The van der Waals surface area contributed by atoms with Crippen molar-refractivity contribution in [3.05, 3.63) is 91.0 Å². The summed E-state index contributed by atoms with van der Waals surface area (Å²) in [5, 5.41) is 23.1. The highest BCUT2D eigenvalue weighted by atomic mass is 127. The van der Waals surface area contributed by atoms with Crippen molar-refractivity contribution in [3.63, 3.8) is 0 Å². The molecular formula is C26H22IN3O6. The number of rotatable bonds is 10. The largest absolute Gasteiger partial charge is 0.494 e. The van der Waals surface area contributed by atoms with Crippen molar-refractivity contribution in [2.24, 2.45) is 0 Å². The minimum absolute atomic E-state index is 0.00128. The molecule has 0 saturated heterocycles. The maximum absolute atomic E-state index is 12.7. The Morgan fingerprint density at radius 2 is 1.92 bits per heavy atom. The summed E-state index contributed by atoms with van der Waals surface area (Å²) < 4.78 is 17.5. The Morgan fingerprint density at radius 3 is 2.56 bits per heavy atom. The molecule has 0 atom stereocenters. The Hall–Kier alpha value is -4.11. The van der Waals surface area contributed by atoms with Crippen molar-refractivity contribution in [3.8, 4) is 23.3 Å². The second-order valence-electron chi connectivity index (χ2n) is 7.33. The van der Waals surface area contributed by atoms with Crippen LogP contribution in [0.2, 0.25) is 0 Å². The fraction of sp³-hybridized carbons (Fsp3) is 0.154. The second kappa shape index (κ2) is 12.6. The fourth-order valence-corrected chi connectivity index (χ4v) is 3.96. The van der Waals surface area contributed by atoms with Gasteiger partial charge in [0, 0.05) is 23.9 Å². The number of nitrogens with zero attached hydrogens (tertiary/aromatic N) is 2. The lowest BCUT2D eigenvalue weighted by atomic mass is 10.1. The van der Waals surface area contributed by atoms with Crippen LogP contribution >= 0.6 is 22.6 Å². The van der Waals surface area contributed by atoms with Crippen LogP contribution in [0.4, 0.5) is 11.4 Å². The molecule has 0 aliphatic carbocycles. The molecule has 10 heteroatoms. The second-order valence-corrected chi connectivity index (χ2v) is 8.49. The van der Waals surface area contributed by atoms with Crippen molar-refractivity contribution < 1.29 is 23.9 Å². The van der Waals surface area contributed by atoms with Crippen molar-refractivity contribution in [1.29, 1.82) is 5.26 Å². The van der Waals surface area contributed by atoms with E-state index in [9.17, 15) is 20.2 Å². The van der Waals surface area contributed by atoms with Crippen LogP contribution in [0.15, 0.2) is 66.2 Å². The molecule has 0 saturated carbocycles. The number of nitrogens with one attached hydrogen (secondary N) is 1. The number of ether oxygens (including phenoxy) is 3. The molecule has 0 heterocycles. The van der Waals surface area contributed by atoms with Gasteiger partial charge >= 0.3 is 0 Å². The van der Waals surface area contributed by atoms with Gasteiger partial charge in [0.05, 0.1) is 22.2 Å². The zero-order valence-corrected chi connectivity index (χ0v) is 21.6. The van der Waals surface area contributed by atoms with Crippen molar-refractivity contribution in [2.45, 2.75) is 13.5 Å². The summed E-state index contributed by atoms with van der Waals surface area (Å²) in [6, 6.07) is 18.3. The van der Waals surface area contributed by atoms with Gasteiger partial charge in [-0.15, -0.1) is 0 Å². The molecule has 0 unspecified atom stereocenters. The van der Waals surface area contributed by atoms with Gasteiger partial charge in [-0.3, -0.25) is 14.9 Å². The number of carbonyl (C=O) groups excluding carboxylic acids is 1. The van der Waals surface area contributed by atoms with E-state index >= 15 is 0 Å². The van der Waals surface area contributed by atoms with Gasteiger partial charge in [-0.25, -0.2) is 0 Å². The molecule has 0 radical (unpaired) electrons. The number of hydrogen-bond acceptors (Lipinski definition) is 7. The van der Waals surface area contributed by atoms with Gasteiger partial charge in [0.15, 0.2) is 11.5 Å². The number of nitriles is 1. The van der Waals surface area contributed by atoms with Gasteiger partial charge < -0.3 is 19.5 Å². The maximum Gasteiger partial charge on any atom is 0.269 e. The number of halogens is 1. The smallest absolute Gasteiger partial charge is 0.269 e. The number of benzene rings is 3. The molecule has 0 bridgehead atoms. The van der Waals surface area contributed by atoms with Gasteiger partial charge in [0.2, 0.25) is 0 Å². The highest BCUT2D eigenvalue weighted by molar-refractivity contribution is 14.1. The summed E-state index contributed by atoms with van der Waals surface area (Å²) >= 11 is 2.08. The predicted octanol–water partition coefficient (Wildman–Crippen LogP) is 5.73. The van der Waals surface area contributed by atoms with E-state index in [2.05, 4.69) is 27.9 Å². The summed E-state index contributed by atoms with van der Waals surface area (Å²) in [5.41, 5.74) is 1.75. The standard InChI is InChI=1S/C26H22IN3O6/c1-3-35-22-6-4-5-20(14-22)29-26(31)19(15-28)11-18-12-23(27)25(24(13-18)34-2)36-16-17-7-9-21(10-8-17)30(32)33/h4-14H,3,16H2,1-2H3,(H,29,31)/b19-11-. The van der Waals surface area contributed by atoms with Crippen LogP contribution in [0.25, 0.3) is 6.08 Å². The van der Waals surface area contributed by atoms with E-state index in [0.717, 1.165) is 5.56 Å². The lowest BCUT2D eigenvalue weighted by molar-refractivity contribution is -0.384. The van der Waals surface area contributed by atoms with E-state index in [1.165, 1.54) is 25.3 Å². The first-order chi connectivity index (χ1) is 17.3. The van der Waals surface area contributed by atoms with Crippen LogP contribution in [0.5, 0.6) is 17.2 Å². The average molecular weight is 599 g/mol. The maximum atomic E-state index is 12.7. The zero-order chi connectivity index (χ0) is 26.1. The molecular weight excluding hydrogens is 577 g/mol. The lowest BCUT2D eigenvalue weighted by Gasteiger charge is -2.14. The number of nitro groups is 1. The van der Waals surface area contributed by atoms with E-state index in [0.29, 0.717) is 38.7 Å². The van der Waals surface area contributed by atoms with Gasteiger partial charge in [0.1, 0.15) is 24.0 Å². The van der Waals surface area contributed by atoms with Crippen molar-refractivity contribution in [1.82, 2.24) is 0 Å². The Kier molecular flexibility index (Phi) is 9.24. The zero-order valence-electron chi connectivity index (χ0n) is 19.5. The summed E-state index contributed by atoms with van der Waals surface area (Å²) in [6.07, 6.45) is 1.46. The summed E-state index contributed by atoms with van der Waals surface area (Å²) in [6.45, 7) is 2.53. The van der Waals surface area contributed by atoms with Crippen molar-refractivity contribution in [2.75, 3.05) is 19.0 Å². The van der Waals surface area contributed by atoms with E-state index in [4.69, 9.17) is 14.2 Å². The molecule has 36 heavy (non-hydrogen) atoms. The highest BCUT2D eigenvalue weighted by Gasteiger charge is 2.15. The first-order valence-corrected chi connectivity index (χ1v) is 11.8. The third-order valence-corrected chi connectivity index (χ3v) is 5.66. The molecule has 0 aliphatic rings. The van der Waals surface area contributed by atoms with Crippen LogP contribution in [0.3, 0.4) is 0 Å². The molecule has 0 aromatic heterocycles. The van der Waals surface area contributed by atoms with Crippen LogP contribution in [0, 0.1) is 25.0 Å². The molecule has 184 valence electrons. The van der Waals surface area contributed by atoms with E-state index < -0.39 is 10.8 Å². The summed E-state index contributed by atoms with van der Waals surface area (Å²) in [7, 11) is 1.49. The minimum atomic E-state index is -0.557. The third kappa shape index (κ3) is 6.96. The number of hydrogen-bond donors (Lipinski definition) is 1. The van der Waals surface area contributed by atoms with Crippen LogP contribution in [-0.4, -0.2) is 24.5 Å². The molecule has 0 fully saturated rings. The van der Waals surface area contributed by atoms with Gasteiger partial charge in [-0.1, -0.05) is 6.07 Å². The van der Waals surface area contributed by atoms with Crippen LogP contribution in [-0.2, 0) is 11.4 Å². The SMILES string of the molecule is CCOc1cccc(NC(=O)/C(C#N)=C\c2cc(I)c(OCc3ccc([N+](=O)[O-])cc3)c(OC)c2)c1. The molecule has 9 nitrogen and oxygen atoms in total. The van der Waals surface area contributed by atoms with Gasteiger partial charge in [0.25, 0.3) is 11.6 Å². The number of nitro benzene ring substituents is 1. The Bertz CT molecular complexity index is 1330. The Labute approximate surface area is 221 Å². The summed E-state index contributed by atoms with van der Waals surface area (Å²) in [5.74, 6) is 0.946. The fourth-order valence-electron chi connectivity index (χ4n) is 3.18. The number of anilines is 1. The van der Waals surface area contributed by atoms with Crippen molar-refractivity contribution >= 4 is 45.9 Å². The van der Waals surface area contributed by atoms with Gasteiger partial charge in [-0.05, 0) is 83.1 Å². The van der Waals surface area contributed by atoms with Crippen LogP contribution < -0.4 is 19.5 Å². The predicted molar refractivity (Wildman–Crippen MR) is 143 cm³/mol. The molecule has 0 aliphatic heterocycles. The average Bonchev–Trinajstić information content (AvgIpc) is 2.87. The normalized spacial score (nSPS) is 10.8. The quantitative estimate of drug-likeness (QED) is 0.104. The molecule has 3 rings (SSSR count). The number of carbonyl (C=O) groups is 1. The van der Waals surface area contributed by atoms with E-state index in [1.807, 2.05) is 13.0 Å². The molecule has 1 N–H and O–H groups in total. The molecule has 3 aromatic carbocycles. The highest BCUT2D eigenvalue weighted by Crippen LogP contribution is 2.35. The van der Waals surface area contributed by atoms with E-state index in [1.54, 1.807) is 48.5 Å². The third-order valence-electron chi connectivity index (χ3n) is 4.86. The van der Waals surface area contributed by atoms with E-state index in [-0.39, 0.29) is 17.9 Å². The van der Waals surface area contributed by atoms with Crippen LogP contribution in [0.1, 0.15) is 18.1 Å². The molecule has 0 spiro atoms. The Morgan fingerprint density at radius 1 is 1.17 bits per heavy atom. The first kappa shape index (κ1) is 26.5. The first-order valence-electron chi connectivity index (χ1n) is 10.7.